The molecule has 2 aromatic rings. The molecule has 1 heterocycles. The molecular formula is C36H55N5O3. The number of amides is 2. The number of carbonyl (C=O) groups excluding carboxylic acids is 3. The number of allylic oxidation sites excluding steroid dienone is 6. The first kappa shape index (κ1) is 38.1. The highest BCUT2D eigenvalue weighted by molar-refractivity contribution is 5.84. The van der Waals surface area contributed by atoms with E-state index in [1.807, 2.05) is 75.6 Å². The minimum Gasteiger partial charge on any atom is -0.394 e. The first-order chi connectivity index (χ1) is 21.3. The number of fused-ring (bicyclic) bond motifs is 1. The predicted octanol–water partition coefficient (Wildman–Crippen LogP) is 6.05. The lowest BCUT2D eigenvalue weighted by atomic mass is 9.93. The number of benzene rings is 1. The van der Waals surface area contributed by atoms with Crippen LogP contribution in [0.15, 0.2) is 78.8 Å². The Hall–Kier alpha value is -3.91. The van der Waals surface area contributed by atoms with Crippen molar-refractivity contribution in [1.82, 2.24) is 25.8 Å². The number of rotatable bonds is 15. The fraction of sp³-hybridized carbons (Fsp3) is 0.472. The Kier molecular flexibility index (Phi) is 19.6. The second-order valence-corrected chi connectivity index (χ2v) is 10.7. The number of carbonyl (C=O) groups is 3. The molecule has 1 aliphatic rings. The van der Waals surface area contributed by atoms with E-state index in [-0.39, 0.29) is 30.2 Å². The van der Waals surface area contributed by atoms with Crippen LogP contribution < -0.4 is 16.0 Å². The average Bonchev–Trinajstić information content (AvgIpc) is 3.45. The van der Waals surface area contributed by atoms with Crippen LogP contribution in [0.5, 0.6) is 0 Å². The van der Waals surface area contributed by atoms with Crippen LogP contribution in [-0.2, 0) is 20.8 Å². The maximum atomic E-state index is 13.6. The Morgan fingerprint density at radius 1 is 1.09 bits per heavy atom. The summed E-state index contributed by atoms with van der Waals surface area (Å²) < 4.78 is 0. The Balaban J connectivity index is 0.00000182. The van der Waals surface area contributed by atoms with Gasteiger partial charge in [0.05, 0.1) is 6.04 Å². The zero-order valence-corrected chi connectivity index (χ0v) is 27.9. The molecule has 8 nitrogen and oxygen atoms in total. The lowest BCUT2D eigenvalue weighted by molar-refractivity contribution is -0.134. The van der Waals surface area contributed by atoms with Crippen molar-refractivity contribution >= 4 is 29.0 Å². The molecule has 1 aliphatic carbocycles. The summed E-state index contributed by atoms with van der Waals surface area (Å²) in [6, 6.07) is 7.94. The summed E-state index contributed by atoms with van der Waals surface area (Å²) in [6.07, 6.45) is 20.4. The standard InChI is InChI=1S/C32H45N5O2.C2H4O.C2H6/c1-24(2)14-15-30(34-4)32(39)37(20-17-27-23-36-29-13-9-8-12-28(27)29)21-18-31(38)35-19-16-26(22-33-3)25-10-6-5-7-11-25;1-2-3;1-2/h5-10,12-13,16,19,22-25,30,33-34,36H,11,14-15,17-18,20-21H2,1-4H3,(H,35,38);2H,1H3;1-2H3/b19-16-,26-22-;;. The fourth-order valence-corrected chi connectivity index (χ4v) is 4.85. The number of nitrogens with one attached hydrogen (secondary N) is 4. The zero-order valence-electron chi connectivity index (χ0n) is 27.9. The predicted molar refractivity (Wildman–Crippen MR) is 184 cm³/mol. The first-order valence-electron chi connectivity index (χ1n) is 15.9. The number of aromatic amines is 1. The highest BCUT2D eigenvalue weighted by atomic mass is 16.2. The molecule has 0 radical (unpaired) electrons. The van der Waals surface area contributed by atoms with E-state index in [2.05, 4.69) is 59.1 Å². The Morgan fingerprint density at radius 3 is 2.45 bits per heavy atom. The molecule has 0 aliphatic heterocycles. The van der Waals surface area contributed by atoms with E-state index >= 15 is 0 Å². The molecule has 0 fully saturated rings. The Labute approximate surface area is 265 Å². The Morgan fingerprint density at radius 2 is 1.82 bits per heavy atom. The van der Waals surface area contributed by atoms with E-state index in [1.165, 1.54) is 17.9 Å². The van der Waals surface area contributed by atoms with E-state index in [9.17, 15) is 9.59 Å². The van der Waals surface area contributed by atoms with Crippen LogP contribution in [-0.4, -0.2) is 61.2 Å². The van der Waals surface area contributed by atoms with Crippen molar-refractivity contribution in [3.63, 3.8) is 0 Å². The van der Waals surface area contributed by atoms with Gasteiger partial charge in [-0.2, -0.15) is 0 Å². The summed E-state index contributed by atoms with van der Waals surface area (Å²) in [7, 11) is 3.71. The van der Waals surface area contributed by atoms with Gasteiger partial charge in [-0.25, -0.2) is 0 Å². The van der Waals surface area contributed by atoms with Gasteiger partial charge in [-0.3, -0.25) is 9.59 Å². The molecule has 0 spiro atoms. The van der Waals surface area contributed by atoms with Crippen molar-refractivity contribution in [3.8, 4) is 0 Å². The van der Waals surface area contributed by atoms with Crippen LogP contribution in [0.1, 0.15) is 65.9 Å². The van der Waals surface area contributed by atoms with Crippen LogP contribution in [0.3, 0.4) is 0 Å². The number of hydrogen-bond acceptors (Lipinski definition) is 5. The third-order valence-electron chi connectivity index (χ3n) is 7.17. The topological polar surface area (TPSA) is 106 Å². The van der Waals surface area contributed by atoms with Gasteiger partial charge in [-0.1, -0.05) is 70.2 Å². The van der Waals surface area contributed by atoms with E-state index in [1.54, 1.807) is 6.20 Å². The van der Waals surface area contributed by atoms with Gasteiger partial charge >= 0.3 is 0 Å². The third kappa shape index (κ3) is 13.6. The van der Waals surface area contributed by atoms with Crippen molar-refractivity contribution in [2.45, 2.75) is 72.8 Å². The normalized spacial score (nSPS) is 14.8. The van der Waals surface area contributed by atoms with Gasteiger partial charge in [0, 0.05) is 62.0 Å². The number of aromatic nitrogens is 1. The molecule has 8 heteroatoms. The monoisotopic (exact) mass is 605 g/mol. The summed E-state index contributed by atoms with van der Waals surface area (Å²) in [6.45, 7) is 10.7. The molecule has 44 heavy (non-hydrogen) atoms. The number of aldehydes is 1. The summed E-state index contributed by atoms with van der Waals surface area (Å²) in [5, 5.41) is 10.4. The highest BCUT2D eigenvalue weighted by Gasteiger charge is 2.24. The lowest BCUT2D eigenvalue weighted by Crippen LogP contribution is -2.47. The molecule has 4 N–H and O–H groups in total. The molecule has 0 saturated heterocycles. The maximum Gasteiger partial charge on any atom is 0.239 e. The largest absolute Gasteiger partial charge is 0.394 e. The van der Waals surface area contributed by atoms with Crippen LogP contribution in [0.25, 0.3) is 10.9 Å². The number of nitrogens with zero attached hydrogens (tertiary/aromatic N) is 1. The van der Waals surface area contributed by atoms with Crippen LogP contribution in [0.4, 0.5) is 0 Å². The molecule has 2 unspecified atom stereocenters. The molecule has 1 aromatic heterocycles. The van der Waals surface area contributed by atoms with Crippen molar-refractivity contribution in [3.05, 3.63) is 84.4 Å². The van der Waals surface area contributed by atoms with E-state index < -0.39 is 0 Å². The molecule has 0 saturated carbocycles. The van der Waals surface area contributed by atoms with Crippen molar-refractivity contribution in [1.29, 1.82) is 0 Å². The van der Waals surface area contributed by atoms with Crippen molar-refractivity contribution in [2.75, 3.05) is 27.2 Å². The molecule has 2 atom stereocenters. The Bertz CT molecular complexity index is 1240. The van der Waals surface area contributed by atoms with Crippen LogP contribution in [0, 0.1) is 11.8 Å². The maximum absolute atomic E-state index is 13.6. The summed E-state index contributed by atoms with van der Waals surface area (Å²) in [4.78, 5) is 40.3. The van der Waals surface area contributed by atoms with Gasteiger partial charge < -0.3 is 30.6 Å². The van der Waals surface area contributed by atoms with Crippen LogP contribution in [0.2, 0.25) is 0 Å². The van der Waals surface area contributed by atoms with E-state index in [4.69, 9.17) is 4.79 Å². The number of H-pyrrole nitrogens is 1. The first-order valence-corrected chi connectivity index (χ1v) is 15.9. The molecule has 3 rings (SSSR count). The van der Waals surface area contributed by atoms with Gasteiger partial charge in [-0.05, 0) is 68.9 Å². The summed E-state index contributed by atoms with van der Waals surface area (Å²) in [5.74, 6) is 0.741. The molecule has 242 valence electrons. The molecular weight excluding hydrogens is 550 g/mol. The zero-order chi connectivity index (χ0) is 32.7. The van der Waals surface area contributed by atoms with Gasteiger partial charge in [-0.15, -0.1) is 0 Å². The second-order valence-electron chi connectivity index (χ2n) is 10.7. The average molecular weight is 606 g/mol. The summed E-state index contributed by atoms with van der Waals surface area (Å²) in [5.41, 5.74) is 3.36. The SMILES string of the molecule is CC.CC=O.CN/C=C(/C=C\NC(=O)CCN(CCc1c[nH]c2ccccc12)C(=O)C(CCC(C)C)NC)C1C=CC=CC1. The van der Waals surface area contributed by atoms with Gasteiger partial charge in [0.2, 0.25) is 11.8 Å². The van der Waals surface area contributed by atoms with E-state index in [0.717, 1.165) is 43.1 Å². The van der Waals surface area contributed by atoms with Crippen molar-refractivity contribution < 1.29 is 14.4 Å². The second kappa shape index (κ2) is 22.6. The lowest BCUT2D eigenvalue weighted by Gasteiger charge is -2.27. The van der Waals surface area contributed by atoms with Gasteiger partial charge in [0.1, 0.15) is 6.29 Å². The van der Waals surface area contributed by atoms with Gasteiger partial charge in [0.25, 0.3) is 0 Å². The minimum atomic E-state index is -0.259. The summed E-state index contributed by atoms with van der Waals surface area (Å²) >= 11 is 0. The molecule has 2 amide bonds. The number of hydrogen-bond donors (Lipinski definition) is 4. The quantitative estimate of drug-likeness (QED) is 0.146. The minimum absolute atomic E-state index is 0.0534. The smallest absolute Gasteiger partial charge is 0.239 e. The fourth-order valence-electron chi connectivity index (χ4n) is 4.85. The third-order valence-corrected chi connectivity index (χ3v) is 7.17. The van der Waals surface area contributed by atoms with E-state index in [0.29, 0.717) is 19.0 Å². The van der Waals surface area contributed by atoms with Crippen molar-refractivity contribution in [2.24, 2.45) is 11.8 Å². The molecule has 1 aromatic carbocycles. The highest BCUT2D eigenvalue weighted by Crippen LogP contribution is 2.21. The number of para-hydroxylation sites is 1. The molecule has 0 bridgehead atoms. The number of likely N-dealkylation sites (N-methyl/N-ethyl adjacent to an activating group) is 1. The van der Waals surface area contributed by atoms with Crippen LogP contribution >= 0.6 is 0 Å². The van der Waals surface area contributed by atoms with Gasteiger partial charge in [0.15, 0.2) is 0 Å².